The van der Waals surface area contributed by atoms with Gasteiger partial charge in [0.15, 0.2) is 0 Å². The van der Waals surface area contributed by atoms with E-state index in [2.05, 4.69) is 34.4 Å². The van der Waals surface area contributed by atoms with Gasteiger partial charge in [0.2, 0.25) is 0 Å². The number of unbranched alkanes of at least 4 members (excludes halogenated alkanes) is 1. The van der Waals surface area contributed by atoms with Gasteiger partial charge in [-0.05, 0) is 51.4 Å². The van der Waals surface area contributed by atoms with E-state index in [1.165, 1.54) is 5.56 Å². The van der Waals surface area contributed by atoms with Crippen LogP contribution in [0.4, 0.5) is 0 Å². The normalized spacial score (nSPS) is 12.5. The molecule has 1 aromatic rings. The SMILES string of the molecule is C=CC=N/C(CN(CCCCN)Cc1ncccc1C)=C(\C)OC. The maximum atomic E-state index is 5.63. The highest BCUT2D eigenvalue weighted by atomic mass is 16.5. The van der Waals surface area contributed by atoms with Crippen LogP contribution in [0.5, 0.6) is 0 Å². The molecule has 0 spiro atoms. The molecule has 2 N–H and O–H groups in total. The molecule has 0 saturated carbocycles. The summed E-state index contributed by atoms with van der Waals surface area (Å²) in [5, 5.41) is 0. The number of rotatable bonds is 11. The maximum Gasteiger partial charge on any atom is 0.115 e. The van der Waals surface area contributed by atoms with E-state index in [0.29, 0.717) is 13.1 Å². The Morgan fingerprint density at radius 3 is 2.88 bits per heavy atom. The molecule has 0 amide bonds. The van der Waals surface area contributed by atoms with Crippen molar-refractivity contribution in [2.45, 2.75) is 33.2 Å². The second-order valence-electron chi connectivity index (χ2n) is 5.69. The second kappa shape index (κ2) is 11.5. The number of nitrogens with zero attached hydrogens (tertiary/aromatic N) is 3. The average Bonchev–Trinajstić information content (AvgIpc) is 2.59. The quantitative estimate of drug-likeness (QED) is 0.385. The van der Waals surface area contributed by atoms with Gasteiger partial charge in [-0.3, -0.25) is 14.9 Å². The van der Waals surface area contributed by atoms with Crippen molar-refractivity contribution < 1.29 is 4.74 Å². The summed E-state index contributed by atoms with van der Waals surface area (Å²) < 4.78 is 5.38. The van der Waals surface area contributed by atoms with Crippen LogP contribution < -0.4 is 5.73 Å². The van der Waals surface area contributed by atoms with Gasteiger partial charge in [0.1, 0.15) is 5.76 Å². The minimum atomic E-state index is 0.699. The Kier molecular flexibility index (Phi) is 9.65. The van der Waals surface area contributed by atoms with Crippen molar-refractivity contribution in [1.29, 1.82) is 0 Å². The molecule has 5 heteroatoms. The van der Waals surface area contributed by atoms with Gasteiger partial charge in [-0.2, -0.15) is 0 Å². The van der Waals surface area contributed by atoms with E-state index in [1.54, 1.807) is 19.4 Å². The van der Waals surface area contributed by atoms with E-state index in [1.807, 2.05) is 19.2 Å². The predicted molar refractivity (Wildman–Crippen MR) is 101 cm³/mol. The van der Waals surface area contributed by atoms with Crippen molar-refractivity contribution in [3.63, 3.8) is 0 Å². The van der Waals surface area contributed by atoms with E-state index >= 15 is 0 Å². The zero-order valence-corrected chi connectivity index (χ0v) is 15.2. The largest absolute Gasteiger partial charge is 0.499 e. The summed E-state index contributed by atoms with van der Waals surface area (Å²) in [7, 11) is 1.67. The molecule has 0 radical (unpaired) electrons. The van der Waals surface area contributed by atoms with E-state index in [0.717, 1.165) is 43.1 Å². The fraction of sp³-hybridized carbons (Fsp3) is 0.474. The number of ether oxygens (including phenoxy) is 1. The first-order valence-corrected chi connectivity index (χ1v) is 8.34. The summed E-state index contributed by atoms with van der Waals surface area (Å²) in [6.45, 7) is 10.8. The van der Waals surface area contributed by atoms with E-state index in [-0.39, 0.29) is 0 Å². The van der Waals surface area contributed by atoms with Crippen molar-refractivity contribution in [2.24, 2.45) is 10.7 Å². The van der Waals surface area contributed by atoms with E-state index in [9.17, 15) is 0 Å². The molecule has 0 saturated heterocycles. The zero-order valence-electron chi connectivity index (χ0n) is 15.2. The first-order valence-electron chi connectivity index (χ1n) is 8.34. The van der Waals surface area contributed by atoms with Crippen LogP contribution in [0.2, 0.25) is 0 Å². The summed E-state index contributed by atoms with van der Waals surface area (Å²) >= 11 is 0. The molecule has 132 valence electrons. The van der Waals surface area contributed by atoms with Crippen molar-refractivity contribution >= 4 is 6.21 Å². The van der Waals surface area contributed by atoms with Crippen molar-refractivity contribution in [3.05, 3.63) is 53.7 Å². The molecule has 0 aliphatic carbocycles. The van der Waals surface area contributed by atoms with Gasteiger partial charge in [0, 0.05) is 25.5 Å². The molecule has 0 aromatic carbocycles. The molecule has 0 aliphatic rings. The van der Waals surface area contributed by atoms with Crippen molar-refractivity contribution in [1.82, 2.24) is 9.88 Å². The molecule has 1 aromatic heterocycles. The first-order chi connectivity index (χ1) is 11.6. The molecule has 1 heterocycles. The summed E-state index contributed by atoms with van der Waals surface area (Å²) in [5.74, 6) is 0.815. The molecular weight excluding hydrogens is 300 g/mol. The van der Waals surface area contributed by atoms with Crippen LogP contribution in [0.25, 0.3) is 0 Å². The monoisotopic (exact) mass is 330 g/mol. The van der Waals surface area contributed by atoms with Crippen LogP contribution >= 0.6 is 0 Å². The summed E-state index contributed by atoms with van der Waals surface area (Å²) in [4.78, 5) is 11.3. The Morgan fingerprint density at radius 1 is 1.46 bits per heavy atom. The van der Waals surface area contributed by atoms with E-state index < -0.39 is 0 Å². The number of methoxy groups -OCH3 is 1. The molecule has 0 bridgehead atoms. The predicted octanol–water partition coefficient (Wildman–Crippen LogP) is 3.07. The van der Waals surface area contributed by atoms with Crippen LogP contribution in [0.15, 0.2) is 47.4 Å². The Hall–Kier alpha value is -1.98. The number of hydrogen-bond donors (Lipinski definition) is 1. The topological polar surface area (TPSA) is 63.7 Å². The van der Waals surface area contributed by atoms with Crippen molar-refractivity contribution in [2.75, 3.05) is 26.7 Å². The molecular formula is C19H30N4O. The zero-order chi connectivity index (χ0) is 17.8. The third kappa shape index (κ3) is 7.06. The lowest BCUT2D eigenvalue weighted by atomic mass is 10.2. The van der Waals surface area contributed by atoms with Gasteiger partial charge < -0.3 is 10.5 Å². The van der Waals surface area contributed by atoms with Crippen LogP contribution in [-0.2, 0) is 11.3 Å². The van der Waals surface area contributed by atoms with Crippen LogP contribution in [0, 0.1) is 6.92 Å². The molecule has 24 heavy (non-hydrogen) atoms. The lowest BCUT2D eigenvalue weighted by molar-refractivity contribution is 0.255. The minimum absolute atomic E-state index is 0.699. The number of pyridine rings is 1. The lowest BCUT2D eigenvalue weighted by Crippen LogP contribution is -2.28. The summed E-state index contributed by atoms with van der Waals surface area (Å²) in [6, 6.07) is 4.06. The number of hydrogen-bond acceptors (Lipinski definition) is 5. The first kappa shape index (κ1) is 20.1. The number of nitrogens with two attached hydrogens (primary N) is 1. The third-order valence-corrected chi connectivity index (χ3v) is 3.84. The smallest absolute Gasteiger partial charge is 0.115 e. The fourth-order valence-electron chi connectivity index (χ4n) is 2.30. The number of aromatic nitrogens is 1. The number of aliphatic imine (C=N–C) groups is 1. The van der Waals surface area contributed by atoms with Gasteiger partial charge in [-0.15, -0.1) is 0 Å². The summed E-state index contributed by atoms with van der Waals surface area (Å²) in [6.07, 6.45) is 7.27. The lowest BCUT2D eigenvalue weighted by Gasteiger charge is -2.23. The average molecular weight is 330 g/mol. The van der Waals surface area contributed by atoms with Crippen molar-refractivity contribution in [3.8, 4) is 0 Å². The Bertz CT molecular complexity index is 566. The minimum Gasteiger partial charge on any atom is -0.499 e. The van der Waals surface area contributed by atoms with Gasteiger partial charge in [-0.1, -0.05) is 18.7 Å². The number of aryl methyl sites for hydroxylation is 1. The van der Waals surface area contributed by atoms with Crippen LogP contribution in [-0.4, -0.2) is 42.8 Å². The van der Waals surface area contributed by atoms with Crippen LogP contribution in [0.1, 0.15) is 31.0 Å². The van der Waals surface area contributed by atoms with Gasteiger partial charge in [-0.25, -0.2) is 0 Å². The fourth-order valence-corrected chi connectivity index (χ4v) is 2.30. The van der Waals surface area contributed by atoms with Gasteiger partial charge >= 0.3 is 0 Å². The van der Waals surface area contributed by atoms with Gasteiger partial charge in [0.25, 0.3) is 0 Å². The Labute approximate surface area is 145 Å². The Morgan fingerprint density at radius 2 is 2.25 bits per heavy atom. The van der Waals surface area contributed by atoms with Crippen LogP contribution in [0.3, 0.4) is 0 Å². The molecule has 0 atom stereocenters. The highest BCUT2D eigenvalue weighted by Gasteiger charge is 2.12. The highest BCUT2D eigenvalue weighted by Crippen LogP contribution is 2.14. The molecule has 1 rings (SSSR count). The molecule has 5 nitrogen and oxygen atoms in total. The highest BCUT2D eigenvalue weighted by molar-refractivity contribution is 5.71. The van der Waals surface area contributed by atoms with E-state index in [4.69, 9.17) is 10.5 Å². The molecule has 0 fully saturated rings. The third-order valence-electron chi connectivity index (χ3n) is 3.84. The van der Waals surface area contributed by atoms with Gasteiger partial charge in [0.05, 0.1) is 18.5 Å². The standard InChI is InChI=1S/C19H30N4O/c1-5-11-21-19(17(3)24-4)15-23(13-7-6-10-20)14-18-16(2)9-8-12-22-18/h5,8-9,11-12H,1,6-7,10,13-15,20H2,2-4H3/b19-17+,21-11?. The summed E-state index contributed by atoms with van der Waals surface area (Å²) in [5.41, 5.74) is 8.82. The second-order valence-corrected chi connectivity index (χ2v) is 5.69. The number of allylic oxidation sites excluding steroid dienone is 2. The molecule has 0 unspecified atom stereocenters. The maximum absolute atomic E-state index is 5.63. The molecule has 0 aliphatic heterocycles. The Balaban J connectivity index is 2.92.